The van der Waals surface area contributed by atoms with E-state index in [1.54, 1.807) is 18.6 Å². The summed E-state index contributed by atoms with van der Waals surface area (Å²) in [7, 11) is 0. The molecule has 3 N–H and O–H groups in total. The molecule has 0 spiro atoms. The van der Waals surface area contributed by atoms with Crippen LogP contribution in [0.15, 0.2) is 47.7 Å². The molecule has 0 unspecified atom stereocenters. The quantitative estimate of drug-likeness (QED) is 0.447. The molecular weight excluding hydrogens is 393 g/mol. The summed E-state index contributed by atoms with van der Waals surface area (Å²) in [5, 5.41) is 3.73. The Morgan fingerprint density at radius 3 is 2.76 bits per heavy atom. The Labute approximate surface area is 170 Å². The summed E-state index contributed by atoms with van der Waals surface area (Å²) in [5.41, 5.74) is 3.49. The van der Waals surface area contributed by atoms with Gasteiger partial charge in [0.15, 0.2) is 5.65 Å². The fraction of sp³-hybridized carbons (Fsp3) is 0.190. The standard InChI is InChI=1S/C21H17ClFN5O/c1-21(5-6-21)18-16(27-15-4-7-24-19-17(15)25-10-26-19)9-13(20(29)28-18)12-8-11(22)2-3-14(12)23/h2-4,7-10H,5-6H2,1H3,(H,28,29)(H2,24,25,26,27). The van der Waals surface area contributed by atoms with Crippen molar-refractivity contribution in [1.29, 1.82) is 0 Å². The normalized spacial score (nSPS) is 14.9. The largest absolute Gasteiger partial charge is 0.352 e. The van der Waals surface area contributed by atoms with Gasteiger partial charge < -0.3 is 15.3 Å². The molecule has 1 aliphatic carbocycles. The maximum atomic E-state index is 14.5. The van der Waals surface area contributed by atoms with Crippen molar-refractivity contribution in [3.8, 4) is 11.1 Å². The second-order valence-corrected chi connectivity index (χ2v) is 8.01. The van der Waals surface area contributed by atoms with Gasteiger partial charge in [0, 0.05) is 27.9 Å². The van der Waals surface area contributed by atoms with Crippen LogP contribution in [0.1, 0.15) is 25.5 Å². The number of aromatic nitrogens is 4. The zero-order valence-electron chi connectivity index (χ0n) is 15.5. The maximum absolute atomic E-state index is 14.5. The van der Waals surface area contributed by atoms with Gasteiger partial charge in [-0.2, -0.15) is 0 Å². The average Bonchev–Trinajstić information content (AvgIpc) is 3.25. The van der Waals surface area contributed by atoms with E-state index in [0.29, 0.717) is 21.9 Å². The second kappa shape index (κ2) is 6.42. The summed E-state index contributed by atoms with van der Waals surface area (Å²) in [6, 6.07) is 7.68. The fourth-order valence-corrected chi connectivity index (χ4v) is 3.71. The van der Waals surface area contributed by atoms with E-state index in [0.717, 1.165) is 24.2 Å². The highest BCUT2D eigenvalue weighted by atomic mass is 35.5. The van der Waals surface area contributed by atoms with E-state index in [4.69, 9.17) is 11.6 Å². The van der Waals surface area contributed by atoms with Crippen LogP contribution in [-0.2, 0) is 5.41 Å². The second-order valence-electron chi connectivity index (χ2n) is 7.57. The number of H-pyrrole nitrogens is 2. The summed E-state index contributed by atoms with van der Waals surface area (Å²) in [6.45, 7) is 2.10. The molecule has 1 aliphatic rings. The number of aromatic amines is 2. The van der Waals surface area contributed by atoms with Crippen molar-refractivity contribution in [2.75, 3.05) is 5.32 Å². The van der Waals surface area contributed by atoms with Crippen LogP contribution in [0.3, 0.4) is 0 Å². The Bertz CT molecular complexity index is 1310. The smallest absolute Gasteiger partial charge is 0.256 e. The van der Waals surface area contributed by atoms with Crippen LogP contribution >= 0.6 is 11.6 Å². The minimum absolute atomic E-state index is 0.120. The number of hydrogen-bond acceptors (Lipinski definition) is 4. The summed E-state index contributed by atoms with van der Waals surface area (Å²) >= 11 is 6.04. The van der Waals surface area contributed by atoms with Crippen LogP contribution < -0.4 is 10.9 Å². The molecule has 0 saturated heterocycles. The molecule has 0 amide bonds. The van der Waals surface area contributed by atoms with Crippen molar-refractivity contribution >= 4 is 34.1 Å². The Morgan fingerprint density at radius 2 is 1.97 bits per heavy atom. The van der Waals surface area contributed by atoms with Gasteiger partial charge in [-0.1, -0.05) is 18.5 Å². The summed E-state index contributed by atoms with van der Waals surface area (Å²) in [6.07, 6.45) is 5.18. The van der Waals surface area contributed by atoms with Crippen molar-refractivity contribution < 1.29 is 4.39 Å². The summed E-state index contributed by atoms with van der Waals surface area (Å²) in [4.78, 5) is 27.4. The first-order chi connectivity index (χ1) is 13.9. The highest BCUT2D eigenvalue weighted by Crippen LogP contribution is 2.49. The van der Waals surface area contributed by atoms with E-state index < -0.39 is 5.82 Å². The Hall–Kier alpha value is -3.19. The zero-order chi connectivity index (χ0) is 20.2. The van der Waals surface area contributed by atoms with Crippen LogP contribution in [0, 0.1) is 5.82 Å². The molecule has 3 aromatic heterocycles. The van der Waals surface area contributed by atoms with Gasteiger partial charge in [0.1, 0.15) is 11.3 Å². The van der Waals surface area contributed by atoms with Crippen molar-refractivity contribution in [1.82, 2.24) is 19.9 Å². The van der Waals surface area contributed by atoms with Crippen LogP contribution in [0.4, 0.5) is 15.8 Å². The van der Waals surface area contributed by atoms with Gasteiger partial charge in [-0.15, -0.1) is 0 Å². The zero-order valence-corrected chi connectivity index (χ0v) is 16.3. The number of nitrogens with one attached hydrogen (secondary N) is 3. The van der Waals surface area contributed by atoms with Gasteiger partial charge in [0.05, 0.1) is 23.3 Å². The van der Waals surface area contributed by atoms with Gasteiger partial charge in [0.25, 0.3) is 5.56 Å². The number of benzene rings is 1. The predicted molar refractivity (Wildman–Crippen MR) is 111 cm³/mol. The van der Waals surface area contributed by atoms with Crippen molar-refractivity contribution in [3.05, 3.63) is 69.7 Å². The van der Waals surface area contributed by atoms with E-state index in [2.05, 4.69) is 32.2 Å². The van der Waals surface area contributed by atoms with Crippen molar-refractivity contribution in [2.45, 2.75) is 25.2 Å². The molecule has 5 rings (SSSR count). The molecule has 29 heavy (non-hydrogen) atoms. The first-order valence-electron chi connectivity index (χ1n) is 9.23. The SMILES string of the molecule is CC1(c2[nH]c(=O)c(-c3cc(Cl)ccc3F)cc2Nc2ccnc3[nH]cnc23)CC1. The first-order valence-corrected chi connectivity index (χ1v) is 9.61. The molecule has 6 nitrogen and oxygen atoms in total. The molecule has 4 aromatic rings. The molecule has 0 aliphatic heterocycles. The van der Waals surface area contributed by atoms with Gasteiger partial charge in [-0.3, -0.25) is 4.79 Å². The van der Waals surface area contributed by atoms with Crippen LogP contribution in [0.25, 0.3) is 22.3 Å². The van der Waals surface area contributed by atoms with Crippen molar-refractivity contribution in [2.24, 2.45) is 0 Å². The number of pyridine rings is 2. The summed E-state index contributed by atoms with van der Waals surface area (Å²) in [5.74, 6) is -0.505. The van der Waals surface area contributed by atoms with Gasteiger partial charge in [0.2, 0.25) is 0 Å². The minimum atomic E-state index is -0.505. The highest BCUT2D eigenvalue weighted by Gasteiger charge is 2.42. The number of anilines is 2. The first kappa shape index (κ1) is 17.9. The number of nitrogens with zero attached hydrogens (tertiary/aromatic N) is 2. The monoisotopic (exact) mass is 409 g/mol. The number of fused-ring (bicyclic) bond motifs is 1. The number of imidazole rings is 1. The van der Waals surface area contributed by atoms with E-state index >= 15 is 0 Å². The average molecular weight is 410 g/mol. The lowest BCUT2D eigenvalue weighted by Crippen LogP contribution is -2.18. The van der Waals surface area contributed by atoms with Gasteiger partial charge >= 0.3 is 0 Å². The van der Waals surface area contributed by atoms with E-state index in [1.165, 1.54) is 18.2 Å². The molecule has 0 radical (unpaired) electrons. The fourth-order valence-electron chi connectivity index (χ4n) is 3.54. The molecule has 0 atom stereocenters. The van der Waals surface area contributed by atoms with E-state index in [1.807, 2.05) is 6.07 Å². The van der Waals surface area contributed by atoms with Gasteiger partial charge in [-0.25, -0.2) is 14.4 Å². The third kappa shape index (κ3) is 3.07. The lowest BCUT2D eigenvalue weighted by Gasteiger charge is -2.18. The predicted octanol–water partition coefficient (Wildman–Crippen LogP) is 4.90. The van der Waals surface area contributed by atoms with Crippen LogP contribution in [0.2, 0.25) is 5.02 Å². The maximum Gasteiger partial charge on any atom is 0.256 e. The molecular formula is C21H17ClFN5O. The molecule has 146 valence electrons. The third-order valence-corrected chi connectivity index (χ3v) is 5.69. The molecule has 3 heterocycles. The van der Waals surface area contributed by atoms with Gasteiger partial charge in [-0.05, 0) is 43.2 Å². The lowest BCUT2D eigenvalue weighted by molar-refractivity contribution is 0.631. The topological polar surface area (TPSA) is 86.5 Å². The molecule has 1 fully saturated rings. The molecule has 1 saturated carbocycles. The van der Waals surface area contributed by atoms with E-state index in [9.17, 15) is 9.18 Å². The highest BCUT2D eigenvalue weighted by molar-refractivity contribution is 6.30. The number of hydrogen-bond donors (Lipinski definition) is 3. The van der Waals surface area contributed by atoms with Crippen LogP contribution in [0.5, 0.6) is 0 Å². The third-order valence-electron chi connectivity index (χ3n) is 5.45. The number of halogens is 2. The van der Waals surface area contributed by atoms with Crippen molar-refractivity contribution in [3.63, 3.8) is 0 Å². The van der Waals surface area contributed by atoms with E-state index in [-0.39, 0.29) is 22.1 Å². The molecule has 0 bridgehead atoms. The Kier molecular flexibility index (Phi) is 3.96. The Balaban J connectivity index is 1.70. The summed E-state index contributed by atoms with van der Waals surface area (Å²) < 4.78 is 14.5. The Morgan fingerprint density at radius 1 is 1.14 bits per heavy atom. The lowest BCUT2D eigenvalue weighted by atomic mass is 9.99. The molecule has 1 aromatic carbocycles. The van der Waals surface area contributed by atoms with Crippen LogP contribution in [-0.4, -0.2) is 19.9 Å². The minimum Gasteiger partial charge on any atom is -0.352 e. The molecule has 8 heteroatoms. The number of rotatable bonds is 4.